The molecule has 5 nitrogen and oxygen atoms in total. The van der Waals surface area contributed by atoms with E-state index in [-0.39, 0.29) is 5.91 Å². The molecule has 0 atom stereocenters. The highest BCUT2D eigenvalue weighted by atomic mass is 16.2. The average molecular weight is 348 g/mol. The van der Waals surface area contributed by atoms with E-state index < -0.39 is 0 Å². The predicted molar refractivity (Wildman–Crippen MR) is 102 cm³/mol. The van der Waals surface area contributed by atoms with E-state index in [1.54, 1.807) is 0 Å². The van der Waals surface area contributed by atoms with Gasteiger partial charge in [0.1, 0.15) is 11.3 Å². The lowest BCUT2D eigenvalue weighted by Gasteiger charge is -2.22. The quantitative estimate of drug-likeness (QED) is 0.651. The molecule has 1 aromatic carbocycles. The van der Waals surface area contributed by atoms with Crippen LogP contribution in [0, 0.1) is 5.92 Å². The minimum atomic E-state index is 0.0606. The lowest BCUT2D eigenvalue weighted by molar-refractivity contribution is 0.0737. The van der Waals surface area contributed by atoms with E-state index in [1.807, 2.05) is 53.6 Å². The Morgan fingerprint density at radius 3 is 2.73 bits per heavy atom. The zero-order chi connectivity index (χ0) is 17.9. The molecule has 0 unspecified atom stereocenters. The summed E-state index contributed by atoms with van der Waals surface area (Å²) in [6.45, 7) is 4.28. The molecule has 1 fully saturated rings. The van der Waals surface area contributed by atoms with E-state index in [0.29, 0.717) is 13.1 Å². The predicted octanol–water partition coefficient (Wildman–Crippen LogP) is 3.89. The van der Waals surface area contributed by atoms with Crippen LogP contribution < -0.4 is 0 Å². The average Bonchev–Trinajstić information content (AvgIpc) is 3.43. The molecule has 1 aliphatic carbocycles. The van der Waals surface area contributed by atoms with Crippen molar-refractivity contribution in [2.24, 2.45) is 5.92 Å². The van der Waals surface area contributed by atoms with Crippen LogP contribution in [0.25, 0.3) is 11.2 Å². The molecule has 2 heterocycles. The highest BCUT2D eigenvalue weighted by Crippen LogP contribution is 2.32. The fourth-order valence-electron chi connectivity index (χ4n) is 3.33. The Hall–Kier alpha value is -2.69. The van der Waals surface area contributed by atoms with Gasteiger partial charge < -0.3 is 9.47 Å². The molecule has 2 aromatic heterocycles. The van der Waals surface area contributed by atoms with Crippen LogP contribution in [-0.4, -0.2) is 31.9 Å². The number of amides is 1. The number of aromatic nitrogens is 3. The molecule has 3 aromatic rings. The van der Waals surface area contributed by atoms with Gasteiger partial charge in [-0.05, 0) is 49.4 Å². The molecule has 0 aliphatic heterocycles. The molecule has 4 rings (SSSR count). The molecule has 0 spiro atoms. The maximum absolute atomic E-state index is 13.0. The molecule has 0 N–H and O–H groups in total. The van der Waals surface area contributed by atoms with Crippen molar-refractivity contribution < 1.29 is 4.79 Å². The Kier molecular flexibility index (Phi) is 4.69. The summed E-state index contributed by atoms with van der Waals surface area (Å²) in [7, 11) is 0. The molecular formula is C21H24N4O. The van der Waals surface area contributed by atoms with Crippen molar-refractivity contribution >= 4 is 17.1 Å². The van der Waals surface area contributed by atoms with E-state index in [1.165, 1.54) is 12.8 Å². The van der Waals surface area contributed by atoms with Crippen LogP contribution in [0.3, 0.4) is 0 Å². The van der Waals surface area contributed by atoms with Crippen LogP contribution in [0.2, 0.25) is 0 Å². The summed E-state index contributed by atoms with van der Waals surface area (Å²) in [5, 5.41) is 0. The number of imidazole rings is 1. The van der Waals surface area contributed by atoms with Crippen molar-refractivity contribution in [3.8, 4) is 0 Å². The van der Waals surface area contributed by atoms with Gasteiger partial charge >= 0.3 is 0 Å². The molecule has 1 aliphatic rings. The first kappa shape index (κ1) is 16.8. The Morgan fingerprint density at radius 1 is 1.19 bits per heavy atom. The molecule has 134 valence electrons. The van der Waals surface area contributed by atoms with Gasteiger partial charge in [0.15, 0.2) is 5.65 Å². The highest BCUT2D eigenvalue weighted by Gasteiger charge is 2.26. The van der Waals surface area contributed by atoms with Gasteiger partial charge in [0.05, 0.1) is 6.54 Å². The van der Waals surface area contributed by atoms with Gasteiger partial charge in [-0.15, -0.1) is 0 Å². The number of pyridine rings is 1. The summed E-state index contributed by atoms with van der Waals surface area (Å²) >= 11 is 0. The minimum Gasteiger partial charge on any atom is -0.331 e. The van der Waals surface area contributed by atoms with Crippen LogP contribution in [0.5, 0.6) is 0 Å². The topological polar surface area (TPSA) is 51.0 Å². The van der Waals surface area contributed by atoms with Gasteiger partial charge in [-0.25, -0.2) is 9.97 Å². The maximum atomic E-state index is 13.0. The van der Waals surface area contributed by atoms with Crippen molar-refractivity contribution in [1.29, 1.82) is 0 Å². The van der Waals surface area contributed by atoms with Gasteiger partial charge in [0.2, 0.25) is 0 Å². The van der Waals surface area contributed by atoms with Gasteiger partial charge in [-0.1, -0.05) is 25.1 Å². The monoisotopic (exact) mass is 348 g/mol. The third-order valence-electron chi connectivity index (χ3n) is 4.85. The number of hydrogen-bond donors (Lipinski definition) is 0. The summed E-state index contributed by atoms with van der Waals surface area (Å²) in [5.74, 6) is 1.71. The lowest BCUT2D eigenvalue weighted by atomic mass is 10.2. The first-order valence-electron chi connectivity index (χ1n) is 9.40. The molecular weight excluding hydrogens is 324 g/mol. The molecule has 0 radical (unpaired) electrons. The second kappa shape index (κ2) is 7.28. The molecule has 26 heavy (non-hydrogen) atoms. The standard InChI is InChI=1S/C21H24N4O/c1-2-13-24(21(26)17-7-4-3-5-8-17)15-19-23-18-9-6-12-22-20(18)25(19)14-16-10-11-16/h3-9,12,16H,2,10-11,13-15H2,1H3. The van der Waals surface area contributed by atoms with Gasteiger partial charge in [-0.3, -0.25) is 4.79 Å². The van der Waals surface area contributed by atoms with E-state index in [4.69, 9.17) is 4.98 Å². The number of hydrogen-bond acceptors (Lipinski definition) is 3. The van der Waals surface area contributed by atoms with Crippen LogP contribution in [0.1, 0.15) is 42.4 Å². The number of nitrogens with zero attached hydrogens (tertiary/aromatic N) is 4. The first-order valence-corrected chi connectivity index (χ1v) is 9.40. The largest absolute Gasteiger partial charge is 0.331 e. The van der Waals surface area contributed by atoms with Gasteiger partial charge in [0, 0.05) is 24.8 Å². The van der Waals surface area contributed by atoms with E-state index in [2.05, 4.69) is 16.5 Å². The van der Waals surface area contributed by atoms with E-state index in [0.717, 1.165) is 41.4 Å². The summed E-state index contributed by atoms with van der Waals surface area (Å²) in [6, 6.07) is 13.4. The minimum absolute atomic E-state index is 0.0606. The Balaban J connectivity index is 1.65. The van der Waals surface area contributed by atoms with Crippen molar-refractivity contribution in [3.05, 3.63) is 60.0 Å². The molecule has 1 saturated carbocycles. The molecule has 5 heteroatoms. The number of fused-ring (bicyclic) bond motifs is 1. The van der Waals surface area contributed by atoms with E-state index >= 15 is 0 Å². The lowest BCUT2D eigenvalue weighted by Crippen LogP contribution is -2.32. The second-order valence-electron chi connectivity index (χ2n) is 7.02. The van der Waals surface area contributed by atoms with Crippen LogP contribution in [0.4, 0.5) is 0 Å². The summed E-state index contributed by atoms with van der Waals surface area (Å²) in [6.07, 6.45) is 5.27. The Labute approximate surface area is 153 Å². The Bertz CT molecular complexity index is 899. The molecule has 1 amide bonds. The van der Waals surface area contributed by atoms with Crippen LogP contribution >= 0.6 is 0 Å². The third kappa shape index (κ3) is 3.47. The second-order valence-corrected chi connectivity index (χ2v) is 7.02. The fraction of sp³-hybridized carbons (Fsp3) is 0.381. The Morgan fingerprint density at radius 2 is 2.00 bits per heavy atom. The number of carbonyl (C=O) groups is 1. The molecule has 0 bridgehead atoms. The number of rotatable bonds is 7. The first-order chi connectivity index (χ1) is 12.8. The third-order valence-corrected chi connectivity index (χ3v) is 4.85. The maximum Gasteiger partial charge on any atom is 0.254 e. The van der Waals surface area contributed by atoms with Crippen LogP contribution in [-0.2, 0) is 13.1 Å². The zero-order valence-corrected chi connectivity index (χ0v) is 15.1. The summed E-state index contributed by atoms with van der Waals surface area (Å²) in [5.41, 5.74) is 2.56. The van der Waals surface area contributed by atoms with Gasteiger partial charge in [0.25, 0.3) is 5.91 Å². The normalized spacial score (nSPS) is 13.9. The smallest absolute Gasteiger partial charge is 0.254 e. The number of benzene rings is 1. The van der Waals surface area contributed by atoms with Crippen molar-refractivity contribution in [2.45, 2.75) is 39.3 Å². The van der Waals surface area contributed by atoms with Crippen LogP contribution in [0.15, 0.2) is 48.7 Å². The number of carbonyl (C=O) groups excluding carboxylic acids is 1. The van der Waals surface area contributed by atoms with E-state index in [9.17, 15) is 4.79 Å². The van der Waals surface area contributed by atoms with Crippen molar-refractivity contribution in [3.63, 3.8) is 0 Å². The highest BCUT2D eigenvalue weighted by molar-refractivity contribution is 5.94. The van der Waals surface area contributed by atoms with Crippen molar-refractivity contribution in [2.75, 3.05) is 6.54 Å². The molecule has 0 saturated heterocycles. The zero-order valence-electron chi connectivity index (χ0n) is 15.1. The SMILES string of the molecule is CCCN(Cc1nc2cccnc2n1CC1CC1)C(=O)c1ccccc1. The fourth-order valence-corrected chi connectivity index (χ4v) is 3.33. The van der Waals surface area contributed by atoms with Crippen molar-refractivity contribution in [1.82, 2.24) is 19.4 Å². The summed E-state index contributed by atoms with van der Waals surface area (Å²) < 4.78 is 2.22. The van der Waals surface area contributed by atoms with Gasteiger partial charge in [-0.2, -0.15) is 0 Å². The summed E-state index contributed by atoms with van der Waals surface area (Å²) in [4.78, 5) is 24.2.